The summed E-state index contributed by atoms with van der Waals surface area (Å²) < 4.78 is 2.80. The van der Waals surface area contributed by atoms with E-state index in [1.165, 1.54) is 11.9 Å². The van der Waals surface area contributed by atoms with Crippen LogP contribution in [0.15, 0.2) is 0 Å². The molecule has 0 aromatic heterocycles. The van der Waals surface area contributed by atoms with Crippen molar-refractivity contribution in [2.45, 2.75) is 38.9 Å². The summed E-state index contributed by atoms with van der Waals surface area (Å²) >= 11 is 1.43. The van der Waals surface area contributed by atoms with Gasteiger partial charge in [0, 0.05) is 11.3 Å². The van der Waals surface area contributed by atoms with Crippen molar-refractivity contribution < 1.29 is 4.79 Å². The largest absolute Gasteiger partial charge is 0.337 e. The molecule has 2 amide bonds. The van der Waals surface area contributed by atoms with E-state index in [0.717, 1.165) is 13.0 Å². The summed E-state index contributed by atoms with van der Waals surface area (Å²) in [4.78, 5) is 11.0. The predicted octanol–water partition coefficient (Wildman–Crippen LogP) is 2.14. The molecule has 12 heavy (non-hydrogen) atoms. The number of nitrogens with one attached hydrogen (secondary N) is 2. The first-order chi connectivity index (χ1) is 5.45. The van der Waals surface area contributed by atoms with Crippen LogP contribution in [-0.4, -0.2) is 17.3 Å². The molecular weight excluding hydrogens is 172 g/mol. The first-order valence-corrected chi connectivity index (χ1v) is 4.99. The van der Waals surface area contributed by atoms with Crippen LogP contribution in [0.4, 0.5) is 4.79 Å². The lowest BCUT2D eigenvalue weighted by Gasteiger charge is -2.17. The maximum absolute atomic E-state index is 11.0. The molecule has 0 aliphatic heterocycles. The highest BCUT2D eigenvalue weighted by molar-refractivity contribution is 7.99. The van der Waals surface area contributed by atoms with Gasteiger partial charge in [-0.2, -0.15) is 0 Å². The number of amides is 2. The second-order valence-electron chi connectivity index (χ2n) is 3.57. The van der Waals surface area contributed by atoms with Gasteiger partial charge >= 0.3 is 6.03 Å². The van der Waals surface area contributed by atoms with Crippen LogP contribution in [0, 0.1) is 0 Å². The van der Waals surface area contributed by atoms with Crippen molar-refractivity contribution in [1.29, 1.82) is 0 Å². The van der Waals surface area contributed by atoms with E-state index in [1.54, 1.807) is 0 Å². The topological polar surface area (TPSA) is 41.1 Å². The minimum Gasteiger partial charge on any atom is -0.337 e. The third-order valence-corrected chi connectivity index (χ3v) is 1.89. The van der Waals surface area contributed by atoms with E-state index in [2.05, 4.69) is 30.8 Å². The highest BCUT2D eigenvalue weighted by Gasteiger charge is 2.12. The Labute approximate surface area is 78.8 Å². The third kappa shape index (κ3) is 7.72. The summed E-state index contributed by atoms with van der Waals surface area (Å²) in [6.45, 7) is 8.92. The van der Waals surface area contributed by atoms with Crippen LogP contribution < -0.4 is 10.0 Å². The first-order valence-electron chi connectivity index (χ1n) is 4.17. The molecule has 0 saturated heterocycles. The molecule has 0 unspecified atom stereocenters. The highest BCUT2D eigenvalue weighted by Crippen LogP contribution is 2.18. The molecule has 0 aromatic carbocycles. The first kappa shape index (κ1) is 11.6. The second-order valence-corrected chi connectivity index (χ2v) is 5.21. The average Bonchev–Trinajstić information content (AvgIpc) is 1.95. The molecule has 0 atom stereocenters. The predicted molar refractivity (Wildman–Crippen MR) is 54.2 cm³/mol. The standard InChI is InChI=1S/C8H18N2OS/c1-5-6-9-7(11)10-12-8(2,3)4/h5-6H2,1-4H3,(H2,9,10,11). The zero-order valence-electron chi connectivity index (χ0n) is 8.23. The van der Waals surface area contributed by atoms with E-state index in [0.29, 0.717) is 0 Å². The van der Waals surface area contributed by atoms with E-state index in [4.69, 9.17) is 0 Å². The van der Waals surface area contributed by atoms with Gasteiger partial charge in [-0.15, -0.1) is 0 Å². The van der Waals surface area contributed by atoms with E-state index in [9.17, 15) is 4.79 Å². The van der Waals surface area contributed by atoms with E-state index in [1.807, 2.05) is 6.92 Å². The van der Waals surface area contributed by atoms with Gasteiger partial charge in [-0.1, -0.05) is 6.92 Å². The summed E-state index contributed by atoms with van der Waals surface area (Å²) in [6.07, 6.45) is 0.966. The number of rotatable bonds is 3. The summed E-state index contributed by atoms with van der Waals surface area (Å²) in [6, 6.07) is -0.100. The van der Waals surface area contributed by atoms with Gasteiger partial charge < -0.3 is 5.32 Å². The zero-order chi connectivity index (χ0) is 9.61. The van der Waals surface area contributed by atoms with Crippen molar-refractivity contribution >= 4 is 18.0 Å². The maximum atomic E-state index is 11.0. The van der Waals surface area contributed by atoms with Crippen LogP contribution in [0.1, 0.15) is 34.1 Å². The number of carbonyl (C=O) groups excluding carboxylic acids is 1. The molecule has 0 bridgehead atoms. The quantitative estimate of drug-likeness (QED) is 0.669. The van der Waals surface area contributed by atoms with Gasteiger partial charge in [0.25, 0.3) is 0 Å². The van der Waals surface area contributed by atoms with Gasteiger partial charge in [-0.05, 0) is 39.1 Å². The Morgan fingerprint density at radius 1 is 1.42 bits per heavy atom. The molecule has 0 aliphatic carbocycles. The van der Waals surface area contributed by atoms with E-state index < -0.39 is 0 Å². The van der Waals surface area contributed by atoms with Gasteiger partial charge in [0.05, 0.1) is 0 Å². The minimum atomic E-state index is -0.100. The monoisotopic (exact) mass is 190 g/mol. The van der Waals surface area contributed by atoms with Gasteiger partial charge in [-0.25, -0.2) is 4.79 Å². The molecule has 3 nitrogen and oxygen atoms in total. The second kappa shape index (κ2) is 5.30. The van der Waals surface area contributed by atoms with Crippen molar-refractivity contribution in [2.75, 3.05) is 6.54 Å². The molecule has 0 saturated carbocycles. The summed E-state index contributed by atoms with van der Waals surface area (Å²) in [5.41, 5.74) is 0. The fraction of sp³-hybridized carbons (Fsp3) is 0.875. The van der Waals surface area contributed by atoms with Gasteiger partial charge in [0.1, 0.15) is 0 Å². The van der Waals surface area contributed by atoms with Crippen molar-refractivity contribution in [3.63, 3.8) is 0 Å². The van der Waals surface area contributed by atoms with Crippen molar-refractivity contribution in [3.8, 4) is 0 Å². The molecule has 72 valence electrons. The molecule has 0 aliphatic rings. The summed E-state index contributed by atoms with van der Waals surface area (Å²) in [5.74, 6) is 0. The normalized spacial score (nSPS) is 11.0. The third-order valence-electron chi connectivity index (χ3n) is 0.985. The Hall–Kier alpha value is -0.380. The molecule has 0 heterocycles. The number of carbonyl (C=O) groups is 1. The van der Waals surface area contributed by atoms with Crippen molar-refractivity contribution in [2.24, 2.45) is 0 Å². The number of hydrogen-bond donors (Lipinski definition) is 2. The fourth-order valence-electron chi connectivity index (χ4n) is 0.474. The van der Waals surface area contributed by atoms with Crippen LogP contribution >= 0.6 is 11.9 Å². The van der Waals surface area contributed by atoms with E-state index in [-0.39, 0.29) is 10.8 Å². The SMILES string of the molecule is CCCNC(=O)NSC(C)(C)C. The zero-order valence-corrected chi connectivity index (χ0v) is 9.05. The number of urea groups is 1. The van der Waals surface area contributed by atoms with Crippen LogP contribution in [0.25, 0.3) is 0 Å². The van der Waals surface area contributed by atoms with E-state index >= 15 is 0 Å². The Bertz CT molecular complexity index is 142. The lowest BCUT2D eigenvalue weighted by molar-refractivity contribution is 0.246. The fourth-order valence-corrected chi connectivity index (χ4v) is 0.945. The smallest absolute Gasteiger partial charge is 0.324 e. The molecule has 0 radical (unpaired) electrons. The van der Waals surface area contributed by atoms with Crippen LogP contribution in [-0.2, 0) is 0 Å². The molecule has 4 heteroatoms. The van der Waals surface area contributed by atoms with Crippen LogP contribution in [0.2, 0.25) is 0 Å². The summed E-state index contributed by atoms with van der Waals surface area (Å²) in [5, 5.41) is 2.73. The molecule has 0 fully saturated rings. The highest BCUT2D eigenvalue weighted by atomic mass is 32.2. The molecule has 0 rings (SSSR count). The minimum absolute atomic E-state index is 0.0730. The summed E-state index contributed by atoms with van der Waals surface area (Å²) in [7, 11) is 0. The Morgan fingerprint density at radius 2 is 2.00 bits per heavy atom. The molecule has 0 aromatic rings. The average molecular weight is 190 g/mol. The Kier molecular flexibility index (Phi) is 5.13. The van der Waals surface area contributed by atoms with Gasteiger partial charge in [0.15, 0.2) is 0 Å². The lowest BCUT2D eigenvalue weighted by atomic mass is 10.3. The Morgan fingerprint density at radius 3 is 2.42 bits per heavy atom. The maximum Gasteiger partial charge on any atom is 0.324 e. The van der Waals surface area contributed by atoms with Gasteiger partial charge in [0.2, 0.25) is 0 Å². The molecule has 2 N–H and O–H groups in total. The van der Waals surface area contributed by atoms with Crippen molar-refractivity contribution in [1.82, 2.24) is 10.0 Å². The Balaban J connectivity index is 3.44. The van der Waals surface area contributed by atoms with Crippen molar-refractivity contribution in [3.05, 3.63) is 0 Å². The lowest BCUT2D eigenvalue weighted by Crippen LogP contribution is -2.34. The van der Waals surface area contributed by atoms with Crippen LogP contribution in [0.3, 0.4) is 0 Å². The van der Waals surface area contributed by atoms with Gasteiger partial charge in [-0.3, -0.25) is 4.72 Å². The molecular formula is C8H18N2OS. The van der Waals surface area contributed by atoms with Crippen LogP contribution in [0.5, 0.6) is 0 Å². The number of hydrogen-bond acceptors (Lipinski definition) is 2. The molecule has 0 spiro atoms.